The lowest BCUT2D eigenvalue weighted by Crippen LogP contribution is -2.32. The Morgan fingerprint density at radius 2 is 1.74 bits per heavy atom. The molecule has 23 heavy (non-hydrogen) atoms. The van der Waals surface area contributed by atoms with E-state index in [4.69, 9.17) is 14.7 Å². The predicted octanol–water partition coefficient (Wildman–Crippen LogP) is 2.64. The molecule has 1 saturated heterocycles. The van der Waals surface area contributed by atoms with Gasteiger partial charge in [-0.05, 0) is 64.2 Å². The average molecular weight is 317 g/mol. The van der Waals surface area contributed by atoms with Crippen LogP contribution in [0.1, 0.15) is 62.6 Å². The third kappa shape index (κ3) is 3.16. The second-order valence-electron chi connectivity index (χ2n) is 7.16. The van der Waals surface area contributed by atoms with Crippen molar-refractivity contribution in [2.45, 2.75) is 76.4 Å². The van der Waals surface area contributed by atoms with Crippen molar-refractivity contribution in [2.24, 2.45) is 0 Å². The Morgan fingerprint density at radius 3 is 2.52 bits per heavy atom. The zero-order chi connectivity index (χ0) is 15.6. The van der Waals surface area contributed by atoms with Crippen molar-refractivity contribution in [3.8, 4) is 5.88 Å². The number of nitrogens with zero attached hydrogens (tertiary/aromatic N) is 3. The summed E-state index contributed by atoms with van der Waals surface area (Å²) in [6.07, 6.45) is 10.5. The maximum absolute atomic E-state index is 10.1. The van der Waals surface area contributed by atoms with Crippen molar-refractivity contribution in [1.82, 2.24) is 9.97 Å². The number of piperidine rings is 1. The monoisotopic (exact) mass is 317 g/mol. The number of rotatable bonds is 3. The molecule has 2 aliphatic carbocycles. The molecule has 1 aromatic rings. The van der Waals surface area contributed by atoms with Gasteiger partial charge in [0.2, 0.25) is 11.8 Å². The number of aromatic nitrogens is 2. The van der Waals surface area contributed by atoms with Gasteiger partial charge < -0.3 is 14.7 Å². The Bertz CT molecular complexity index is 557. The molecule has 2 atom stereocenters. The van der Waals surface area contributed by atoms with Gasteiger partial charge in [0, 0.05) is 18.7 Å². The van der Waals surface area contributed by atoms with Gasteiger partial charge in [-0.3, -0.25) is 0 Å². The molecular weight excluding hydrogens is 290 g/mol. The van der Waals surface area contributed by atoms with Crippen LogP contribution in [0, 0.1) is 0 Å². The molecule has 0 spiro atoms. The van der Waals surface area contributed by atoms with Crippen LogP contribution in [0.4, 0.5) is 5.95 Å². The normalized spacial score (nSPS) is 27.8. The highest BCUT2D eigenvalue weighted by atomic mass is 16.5. The summed E-state index contributed by atoms with van der Waals surface area (Å²) in [4.78, 5) is 12.0. The van der Waals surface area contributed by atoms with Crippen LogP contribution in [0.25, 0.3) is 0 Å². The van der Waals surface area contributed by atoms with E-state index in [1.165, 1.54) is 43.4 Å². The van der Waals surface area contributed by atoms with E-state index in [1.807, 2.05) is 0 Å². The fourth-order valence-electron chi connectivity index (χ4n) is 4.07. The third-order valence-corrected chi connectivity index (χ3v) is 5.45. The van der Waals surface area contributed by atoms with Gasteiger partial charge in [-0.1, -0.05) is 0 Å². The standard InChI is InChI=1S/C18H27N3O2/c22-15-9-6-10-16(15)23-17-13-7-2-3-8-14(13)19-18(20-17)21-11-4-1-5-12-21/h15-16,22H,1-12H2/t15-,16-/m1/s1. The molecular formula is C18H27N3O2. The summed E-state index contributed by atoms with van der Waals surface area (Å²) in [6, 6.07) is 0. The van der Waals surface area contributed by atoms with Crippen molar-refractivity contribution >= 4 is 5.95 Å². The van der Waals surface area contributed by atoms with E-state index in [0.717, 1.165) is 57.0 Å². The van der Waals surface area contributed by atoms with E-state index in [0.29, 0.717) is 0 Å². The van der Waals surface area contributed by atoms with Crippen molar-refractivity contribution < 1.29 is 9.84 Å². The van der Waals surface area contributed by atoms with Crippen molar-refractivity contribution in [3.63, 3.8) is 0 Å². The van der Waals surface area contributed by atoms with Crippen LogP contribution in [-0.4, -0.2) is 40.4 Å². The molecule has 0 aromatic carbocycles. The Labute approximate surface area is 138 Å². The van der Waals surface area contributed by atoms with Gasteiger partial charge in [0.25, 0.3) is 0 Å². The lowest BCUT2D eigenvalue weighted by Gasteiger charge is -2.29. The van der Waals surface area contributed by atoms with Gasteiger partial charge in [0.05, 0.1) is 11.8 Å². The van der Waals surface area contributed by atoms with E-state index >= 15 is 0 Å². The molecule has 3 aliphatic rings. The Morgan fingerprint density at radius 1 is 0.913 bits per heavy atom. The van der Waals surface area contributed by atoms with Crippen molar-refractivity contribution in [1.29, 1.82) is 0 Å². The molecule has 1 aliphatic heterocycles. The van der Waals surface area contributed by atoms with Crippen LogP contribution in [0.2, 0.25) is 0 Å². The maximum Gasteiger partial charge on any atom is 0.228 e. The highest BCUT2D eigenvalue weighted by Crippen LogP contribution is 2.33. The summed E-state index contributed by atoms with van der Waals surface area (Å²) >= 11 is 0. The second kappa shape index (κ2) is 6.63. The maximum atomic E-state index is 10.1. The molecule has 2 fully saturated rings. The molecule has 0 bridgehead atoms. The minimum Gasteiger partial charge on any atom is -0.471 e. The van der Waals surface area contributed by atoms with E-state index in [2.05, 4.69) is 4.90 Å². The number of ether oxygens (including phenoxy) is 1. The van der Waals surface area contributed by atoms with Gasteiger partial charge in [0.15, 0.2) is 0 Å². The lowest BCUT2D eigenvalue weighted by molar-refractivity contribution is 0.0565. The molecule has 5 nitrogen and oxygen atoms in total. The van der Waals surface area contributed by atoms with Gasteiger partial charge in [-0.25, -0.2) is 4.98 Å². The first kappa shape index (κ1) is 15.2. The number of hydrogen-bond acceptors (Lipinski definition) is 5. The Balaban J connectivity index is 1.64. The quantitative estimate of drug-likeness (QED) is 0.929. The predicted molar refractivity (Wildman–Crippen MR) is 89.0 cm³/mol. The van der Waals surface area contributed by atoms with Crippen LogP contribution in [-0.2, 0) is 12.8 Å². The van der Waals surface area contributed by atoms with Crippen molar-refractivity contribution in [2.75, 3.05) is 18.0 Å². The first-order valence-corrected chi connectivity index (χ1v) is 9.31. The summed E-state index contributed by atoms with van der Waals surface area (Å²) in [5.74, 6) is 1.59. The number of fused-ring (bicyclic) bond motifs is 1. The fourth-order valence-corrected chi connectivity index (χ4v) is 4.07. The first-order valence-electron chi connectivity index (χ1n) is 9.31. The van der Waals surface area contributed by atoms with Crippen LogP contribution < -0.4 is 9.64 Å². The highest BCUT2D eigenvalue weighted by Gasteiger charge is 2.30. The Hall–Kier alpha value is -1.36. The molecule has 2 heterocycles. The van der Waals surface area contributed by atoms with E-state index in [1.54, 1.807) is 0 Å². The zero-order valence-corrected chi connectivity index (χ0v) is 13.8. The van der Waals surface area contributed by atoms with E-state index in [-0.39, 0.29) is 12.2 Å². The molecule has 126 valence electrons. The van der Waals surface area contributed by atoms with Crippen LogP contribution in [0.5, 0.6) is 5.88 Å². The lowest BCUT2D eigenvalue weighted by atomic mass is 9.97. The minimum absolute atomic E-state index is 0.0925. The summed E-state index contributed by atoms with van der Waals surface area (Å²) in [7, 11) is 0. The fraction of sp³-hybridized carbons (Fsp3) is 0.778. The number of aliphatic hydroxyl groups excluding tert-OH is 1. The minimum atomic E-state index is -0.345. The van der Waals surface area contributed by atoms with Gasteiger partial charge in [-0.2, -0.15) is 4.98 Å². The first-order chi connectivity index (χ1) is 11.3. The smallest absolute Gasteiger partial charge is 0.228 e. The summed E-state index contributed by atoms with van der Waals surface area (Å²) in [5.41, 5.74) is 2.37. The van der Waals surface area contributed by atoms with E-state index < -0.39 is 0 Å². The van der Waals surface area contributed by atoms with Crippen molar-refractivity contribution in [3.05, 3.63) is 11.3 Å². The van der Waals surface area contributed by atoms with E-state index in [9.17, 15) is 5.11 Å². The summed E-state index contributed by atoms with van der Waals surface area (Å²) in [5, 5.41) is 10.1. The molecule has 1 N–H and O–H groups in total. The molecule has 1 aromatic heterocycles. The summed E-state index contributed by atoms with van der Waals surface area (Å²) < 4.78 is 6.19. The zero-order valence-electron chi connectivity index (χ0n) is 13.8. The average Bonchev–Trinajstić information content (AvgIpc) is 3.00. The van der Waals surface area contributed by atoms with Gasteiger partial charge >= 0.3 is 0 Å². The number of aryl methyl sites for hydroxylation is 1. The van der Waals surface area contributed by atoms with Gasteiger partial charge in [-0.15, -0.1) is 0 Å². The summed E-state index contributed by atoms with van der Waals surface area (Å²) in [6.45, 7) is 2.09. The van der Waals surface area contributed by atoms with Crippen LogP contribution >= 0.6 is 0 Å². The molecule has 5 heteroatoms. The Kier molecular flexibility index (Phi) is 4.38. The number of aliphatic hydroxyl groups is 1. The number of hydrogen-bond donors (Lipinski definition) is 1. The van der Waals surface area contributed by atoms with Crippen LogP contribution in [0.3, 0.4) is 0 Å². The molecule has 0 radical (unpaired) electrons. The topological polar surface area (TPSA) is 58.5 Å². The molecule has 0 amide bonds. The van der Waals surface area contributed by atoms with Crippen LogP contribution in [0.15, 0.2) is 0 Å². The SMILES string of the molecule is O[C@@H]1CCC[C@H]1Oc1nc(N2CCCCC2)nc2c1CCCC2. The largest absolute Gasteiger partial charge is 0.471 e. The van der Waals surface area contributed by atoms with Gasteiger partial charge in [0.1, 0.15) is 6.10 Å². The number of anilines is 1. The molecule has 4 rings (SSSR count). The molecule has 0 unspecified atom stereocenters. The highest BCUT2D eigenvalue weighted by molar-refractivity contribution is 5.42. The molecule has 1 saturated carbocycles. The third-order valence-electron chi connectivity index (χ3n) is 5.45. The second-order valence-corrected chi connectivity index (χ2v) is 7.16.